The zero-order valence-electron chi connectivity index (χ0n) is 12.3. The van der Waals surface area contributed by atoms with E-state index in [2.05, 4.69) is 61.2 Å². The van der Waals surface area contributed by atoms with Crippen molar-refractivity contribution < 1.29 is 0 Å². The van der Waals surface area contributed by atoms with Crippen LogP contribution in [0.4, 0.5) is 11.4 Å². The van der Waals surface area contributed by atoms with Gasteiger partial charge in [-0.1, -0.05) is 37.3 Å². The summed E-state index contributed by atoms with van der Waals surface area (Å²) in [6, 6.07) is 15.3. The van der Waals surface area contributed by atoms with Crippen molar-refractivity contribution in [1.29, 1.82) is 0 Å². The standard InChI is InChI=1S/C18H22N2/c1-13-7-8-16(11-19)18(10-13)20-12-14(2)9-15-5-3-4-6-17(15)20/h3-8,10,14H,9,11-12,19H2,1-2H3. The van der Waals surface area contributed by atoms with Crippen LogP contribution in [0.1, 0.15) is 23.6 Å². The molecule has 1 atom stereocenters. The van der Waals surface area contributed by atoms with Crippen molar-refractivity contribution in [2.24, 2.45) is 11.7 Å². The van der Waals surface area contributed by atoms with Gasteiger partial charge in [-0.15, -0.1) is 0 Å². The van der Waals surface area contributed by atoms with Gasteiger partial charge in [-0.2, -0.15) is 0 Å². The van der Waals surface area contributed by atoms with E-state index in [0.29, 0.717) is 12.5 Å². The first-order chi connectivity index (χ1) is 9.69. The molecule has 20 heavy (non-hydrogen) atoms. The fraction of sp³-hybridized carbons (Fsp3) is 0.333. The van der Waals surface area contributed by atoms with E-state index in [1.165, 1.54) is 28.1 Å². The van der Waals surface area contributed by atoms with Crippen molar-refractivity contribution in [3.63, 3.8) is 0 Å². The average Bonchev–Trinajstić information content (AvgIpc) is 2.46. The molecule has 0 bridgehead atoms. The number of aryl methyl sites for hydroxylation is 1. The van der Waals surface area contributed by atoms with Gasteiger partial charge in [0.25, 0.3) is 0 Å². The number of anilines is 2. The van der Waals surface area contributed by atoms with Crippen LogP contribution >= 0.6 is 0 Å². The Kier molecular flexibility index (Phi) is 3.49. The van der Waals surface area contributed by atoms with Crippen molar-refractivity contribution in [1.82, 2.24) is 0 Å². The third-order valence-electron chi connectivity index (χ3n) is 4.10. The van der Waals surface area contributed by atoms with Gasteiger partial charge in [-0.25, -0.2) is 0 Å². The third kappa shape index (κ3) is 2.32. The molecular weight excluding hydrogens is 244 g/mol. The first-order valence-electron chi connectivity index (χ1n) is 7.34. The Morgan fingerprint density at radius 3 is 2.75 bits per heavy atom. The maximum atomic E-state index is 5.94. The largest absolute Gasteiger partial charge is 0.341 e. The van der Waals surface area contributed by atoms with E-state index in [0.717, 1.165) is 13.0 Å². The second-order valence-electron chi connectivity index (χ2n) is 5.88. The molecule has 104 valence electrons. The number of hydrogen-bond acceptors (Lipinski definition) is 2. The number of nitrogens with two attached hydrogens (primary N) is 1. The average molecular weight is 266 g/mol. The molecule has 0 saturated heterocycles. The minimum absolute atomic E-state index is 0.586. The number of rotatable bonds is 2. The van der Waals surface area contributed by atoms with E-state index in [1.807, 2.05) is 0 Å². The molecule has 2 nitrogen and oxygen atoms in total. The molecule has 0 spiro atoms. The molecule has 0 saturated carbocycles. The van der Waals surface area contributed by atoms with E-state index in [9.17, 15) is 0 Å². The second-order valence-corrected chi connectivity index (χ2v) is 5.88. The highest BCUT2D eigenvalue weighted by Crippen LogP contribution is 2.37. The number of fused-ring (bicyclic) bond motifs is 1. The van der Waals surface area contributed by atoms with Crippen LogP contribution in [0.15, 0.2) is 42.5 Å². The Balaban J connectivity index is 2.13. The summed E-state index contributed by atoms with van der Waals surface area (Å²) in [4.78, 5) is 2.44. The van der Waals surface area contributed by atoms with Gasteiger partial charge >= 0.3 is 0 Å². The number of benzene rings is 2. The lowest BCUT2D eigenvalue weighted by Crippen LogP contribution is -2.31. The first kappa shape index (κ1) is 13.2. The van der Waals surface area contributed by atoms with Crippen LogP contribution < -0.4 is 10.6 Å². The quantitative estimate of drug-likeness (QED) is 0.896. The Morgan fingerprint density at radius 1 is 1.15 bits per heavy atom. The molecule has 1 heterocycles. The molecule has 0 radical (unpaired) electrons. The third-order valence-corrected chi connectivity index (χ3v) is 4.10. The molecule has 0 fully saturated rings. The van der Waals surface area contributed by atoms with Crippen molar-refractivity contribution in [3.05, 3.63) is 59.2 Å². The smallest absolute Gasteiger partial charge is 0.0459 e. The Bertz CT molecular complexity index is 619. The molecule has 2 aromatic carbocycles. The van der Waals surface area contributed by atoms with Gasteiger partial charge in [0, 0.05) is 24.5 Å². The molecule has 0 aromatic heterocycles. The monoisotopic (exact) mass is 266 g/mol. The van der Waals surface area contributed by atoms with Gasteiger partial charge in [0.1, 0.15) is 0 Å². The molecule has 1 aliphatic rings. The summed E-state index contributed by atoms with van der Waals surface area (Å²) in [5, 5.41) is 0. The molecule has 2 aromatic rings. The molecule has 0 aliphatic carbocycles. The van der Waals surface area contributed by atoms with Crippen LogP contribution in [0.2, 0.25) is 0 Å². The lowest BCUT2D eigenvalue weighted by molar-refractivity contribution is 0.561. The predicted octanol–water partition coefficient (Wildman–Crippen LogP) is 3.78. The van der Waals surface area contributed by atoms with Crippen LogP contribution in [-0.2, 0) is 13.0 Å². The fourth-order valence-corrected chi connectivity index (χ4v) is 3.12. The molecule has 3 rings (SSSR count). The van der Waals surface area contributed by atoms with Gasteiger partial charge in [0.05, 0.1) is 0 Å². The van der Waals surface area contributed by atoms with Crippen LogP contribution in [0.25, 0.3) is 0 Å². The maximum Gasteiger partial charge on any atom is 0.0459 e. The normalized spacial score (nSPS) is 17.9. The SMILES string of the molecule is Cc1ccc(CN)c(N2CC(C)Cc3ccccc32)c1. The summed E-state index contributed by atoms with van der Waals surface area (Å²) in [7, 11) is 0. The summed E-state index contributed by atoms with van der Waals surface area (Å²) in [6.45, 7) is 6.11. The van der Waals surface area contributed by atoms with Crippen molar-refractivity contribution in [2.75, 3.05) is 11.4 Å². The molecule has 0 amide bonds. The highest BCUT2D eigenvalue weighted by Gasteiger charge is 2.23. The zero-order valence-corrected chi connectivity index (χ0v) is 12.3. The van der Waals surface area contributed by atoms with Crippen LogP contribution in [-0.4, -0.2) is 6.54 Å². The van der Waals surface area contributed by atoms with E-state index >= 15 is 0 Å². The Labute approximate surface area is 121 Å². The summed E-state index contributed by atoms with van der Waals surface area (Å²) in [6.07, 6.45) is 1.16. The number of para-hydroxylation sites is 1. The van der Waals surface area contributed by atoms with E-state index in [4.69, 9.17) is 5.73 Å². The van der Waals surface area contributed by atoms with Crippen LogP contribution in [0, 0.1) is 12.8 Å². The minimum atomic E-state index is 0.586. The van der Waals surface area contributed by atoms with Crippen molar-refractivity contribution in [3.8, 4) is 0 Å². The molecule has 1 aliphatic heterocycles. The van der Waals surface area contributed by atoms with Crippen molar-refractivity contribution in [2.45, 2.75) is 26.8 Å². The van der Waals surface area contributed by atoms with E-state index in [-0.39, 0.29) is 0 Å². The summed E-state index contributed by atoms with van der Waals surface area (Å²) in [5.74, 6) is 0.663. The highest BCUT2D eigenvalue weighted by molar-refractivity contribution is 5.71. The summed E-state index contributed by atoms with van der Waals surface area (Å²) >= 11 is 0. The maximum absolute atomic E-state index is 5.94. The van der Waals surface area contributed by atoms with Crippen LogP contribution in [0.5, 0.6) is 0 Å². The van der Waals surface area contributed by atoms with Gasteiger partial charge < -0.3 is 10.6 Å². The van der Waals surface area contributed by atoms with Gasteiger partial charge in [0.15, 0.2) is 0 Å². The molecule has 2 N–H and O–H groups in total. The predicted molar refractivity (Wildman–Crippen MR) is 85.4 cm³/mol. The zero-order chi connectivity index (χ0) is 14.1. The minimum Gasteiger partial charge on any atom is -0.341 e. The molecule has 2 heteroatoms. The lowest BCUT2D eigenvalue weighted by atomic mass is 9.92. The van der Waals surface area contributed by atoms with Gasteiger partial charge in [0.2, 0.25) is 0 Å². The first-order valence-corrected chi connectivity index (χ1v) is 7.34. The fourth-order valence-electron chi connectivity index (χ4n) is 3.12. The molecule has 1 unspecified atom stereocenters. The van der Waals surface area contributed by atoms with Gasteiger partial charge in [-0.3, -0.25) is 0 Å². The summed E-state index contributed by atoms with van der Waals surface area (Å²) < 4.78 is 0. The number of nitrogens with zero attached hydrogens (tertiary/aromatic N) is 1. The van der Waals surface area contributed by atoms with Crippen LogP contribution in [0.3, 0.4) is 0 Å². The lowest BCUT2D eigenvalue weighted by Gasteiger charge is -2.36. The van der Waals surface area contributed by atoms with E-state index < -0.39 is 0 Å². The van der Waals surface area contributed by atoms with Crippen molar-refractivity contribution >= 4 is 11.4 Å². The van der Waals surface area contributed by atoms with Gasteiger partial charge in [-0.05, 0) is 48.1 Å². The second kappa shape index (κ2) is 5.29. The number of hydrogen-bond donors (Lipinski definition) is 1. The van der Waals surface area contributed by atoms with E-state index in [1.54, 1.807) is 0 Å². The highest BCUT2D eigenvalue weighted by atomic mass is 15.1. The Morgan fingerprint density at radius 2 is 1.95 bits per heavy atom. The topological polar surface area (TPSA) is 29.3 Å². The summed E-state index contributed by atoms with van der Waals surface area (Å²) in [5.41, 5.74) is 12.5. The Hall–Kier alpha value is -1.80. The molecular formula is C18H22N2.